The third-order valence-corrected chi connectivity index (χ3v) is 0.602. The standard InChI is InChI=1S/C5H7NO.Na.H/c1-2-3-5(7)4-6;;/h2-3H2,1H3;;. The predicted molar refractivity (Wildman–Crippen MR) is 32.7 cm³/mol. The quantitative estimate of drug-likeness (QED) is 0.387. The van der Waals surface area contributed by atoms with E-state index in [0.29, 0.717) is 6.42 Å². The van der Waals surface area contributed by atoms with Gasteiger partial charge in [0.25, 0.3) is 0 Å². The molecule has 0 heterocycles. The molecule has 0 atom stereocenters. The summed E-state index contributed by atoms with van der Waals surface area (Å²) in [6, 6.07) is 1.53. The average molecular weight is 121 g/mol. The number of rotatable bonds is 2. The van der Waals surface area contributed by atoms with Crippen molar-refractivity contribution in [2.45, 2.75) is 19.8 Å². The van der Waals surface area contributed by atoms with Gasteiger partial charge in [-0.2, -0.15) is 5.26 Å². The number of carbonyl (C=O) groups is 1. The Morgan fingerprint density at radius 1 is 1.75 bits per heavy atom. The predicted octanol–water partition coefficient (Wildman–Crippen LogP) is 0.231. The number of nitrogens with zero attached hydrogens (tertiary/aromatic N) is 1. The molecule has 0 aliphatic heterocycles. The second-order valence-electron chi connectivity index (χ2n) is 1.28. The summed E-state index contributed by atoms with van der Waals surface area (Å²) in [5.41, 5.74) is 0. The summed E-state index contributed by atoms with van der Waals surface area (Å²) in [6.07, 6.45) is 1.17. The van der Waals surface area contributed by atoms with E-state index in [2.05, 4.69) is 0 Å². The molecule has 0 aliphatic rings. The Morgan fingerprint density at radius 3 is 2.38 bits per heavy atom. The van der Waals surface area contributed by atoms with E-state index >= 15 is 0 Å². The van der Waals surface area contributed by atoms with Gasteiger partial charge in [-0.1, -0.05) is 6.92 Å². The van der Waals surface area contributed by atoms with Crippen LogP contribution in [0.5, 0.6) is 0 Å². The third kappa shape index (κ3) is 6.16. The second-order valence-corrected chi connectivity index (χ2v) is 1.28. The summed E-state index contributed by atoms with van der Waals surface area (Å²) in [5, 5.41) is 7.87. The van der Waals surface area contributed by atoms with E-state index in [-0.39, 0.29) is 35.3 Å². The zero-order valence-electron chi connectivity index (χ0n) is 4.27. The minimum absolute atomic E-state index is 0. The Kier molecular flexibility index (Phi) is 9.87. The number of ketones is 1. The van der Waals surface area contributed by atoms with Gasteiger partial charge >= 0.3 is 29.6 Å². The molecule has 40 valence electrons. The Labute approximate surface area is 71.2 Å². The van der Waals surface area contributed by atoms with Crippen LogP contribution in [0, 0.1) is 11.3 Å². The van der Waals surface area contributed by atoms with E-state index in [4.69, 9.17) is 5.26 Å². The summed E-state index contributed by atoms with van der Waals surface area (Å²) in [5.74, 6) is -0.317. The van der Waals surface area contributed by atoms with Crippen LogP contribution >= 0.6 is 0 Å². The van der Waals surface area contributed by atoms with Gasteiger partial charge in [-0.3, -0.25) is 4.79 Å². The Hall–Kier alpha value is 0.160. The van der Waals surface area contributed by atoms with Crippen LogP contribution in [0.15, 0.2) is 0 Å². The van der Waals surface area contributed by atoms with Crippen LogP contribution < -0.4 is 0 Å². The van der Waals surface area contributed by atoms with Gasteiger partial charge in [0, 0.05) is 6.42 Å². The summed E-state index contributed by atoms with van der Waals surface area (Å²) in [7, 11) is 0. The van der Waals surface area contributed by atoms with Crippen molar-refractivity contribution < 1.29 is 4.79 Å². The van der Waals surface area contributed by atoms with Crippen molar-refractivity contribution in [2.75, 3.05) is 0 Å². The Balaban J connectivity index is 0. The molecule has 0 aromatic carbocycles. The second kappa shape index (κ2) is 7.16. The van der Waals surface area contributed by atoms with Crippen molar-refractivity contribution in [1.82, 2.24) is 0 Å². The van der Waals surface area contributed by atoms with Gasteiger partial charge in [0.05, 0.1) is 0 Å². The molecule has 0 unspecified atom stereocenters. The molecular weight excluding hydrogens is 113 g/mol. The molecule has 0 aromatic heterocycles. The van der Waals surface area contributed by atoms with Crippen molar-refractivity contribution in [1.29, 1.82) is 5.26 Å². The van der Waals surface area contributed by atoms with Gasteiger partial charge < -0.3 is 0 Å². The normalized spacial score (nSPS) is 6.50. The zero-order chi connectivity index (χ0) is 5.70. The first-order valence-corrected chi connectivity index (χ1v) is 2.24. The number of nitriles is 1. The van der Waals surface area contributed by atoms with E-state index < -0.39 is 0 Å². The molecular formula is C5H8NNaO. The minimum atomic E-state index is -0.317. The maximum atomic E-state index is 10.1. The summed E-state index contributed by atoms with van der Waals surface area (Å²) in [4.78, 5) is 10.1. The van der Waals surface area contributed by atoms with E-state index in [0.717, 1.165) is 6.42 Å². The molecule has 0 rings (SSSR count). The van der Waals surface area contributed by atoms with Crippen molar-refractivity contribution in [3.63, 3.8) is 0 Å². The molecule has 0 spiro atoms. The fourth-order valence-electron chi connectivity index (χ4n) is 0.283. The Bertz CT molecular complexity index is 105. The first kappa shape index (κ1) is 11.0. The van der Waals surface area contributed by atoms with Crippen LogP contribution in [0.4, 0.5) is 0 Å². The molecule has 8 heavy (non-hydrogen) atoms. The molecule has 0 saturated heterocycles. The molecule has 3 heteroatoms. The average Bonchev–Trinajstić information content (AvgIpc) is 1.68. The molecule has 0 aliphatic carbocycles. The summed E-state index contributed by atoms with van der Waals surface area (Å²) < 4.78 is 0. The van der Waals surface area contributed by atoms with Crippen molar-refractivity contribution in [3.8, 4) is 6.07 Å². The van der Waals surface area contributed by atoms with Gasteiger partial charge in [-0.25, -0.2) is 0 Å². The molecule has 0 saturated carbocycles. The van der Waals surface area contributed by atoms with Crippen LogP contribution in [-0.2, 0) is 4.79 Å². The molecule has 0 bridgehead atoms. The summed E-state index contributed by atoms with van der Waals surface area (Å²) >= 11 is 0. The first-order valence-electron chi connectivity index (χ1n) is 2.24. The van der Waals surface area contributed by atoms with Gasteiger partial charge in [0.1, 0.15) is 6.07 Å². The van der Waals surface area contributed by atoms with Gasteiger partial charge in [0.15, 0.2) is 0 Å². The number of hydrogen-bond acceptors (Lipinski definition) is 2. The van der Waals surface area contributed by atoms with E-state index in [9.17, 15) is 4.79 Å². The number of hydrogen-bond donors (Lipinski definition) is 0. The number of Topliss-reactive ketones (excluding diaryl/α,β-unsaturated/α-hetero) is 1. The third-order valence-electron chi connectivity index (χ3n) is 0.602. The van der Waals surface area contributed by atoms with Crippen LogP contribution in [0.2, 0.25) is 0 Å². The Morgan fingerprint density at radius 2 is 2.25 bits per heavy atom. The maximum absolute atomic E-state index is 10.1. The van der Waals surface area contributed by atoms with E-state index in [1.165, 1.54) is 6.07 Å². The van der Waals surface area contributed by atoms with Gasteiger partial charge in [-0.05, 0) is 6.42 Å². The molecule has 0 fully saturated rings. The monoisotopic (exact) mass is 121 g/mol. The van der Waals surface area contributed by atoms with Crippen LogP contribution in [0.25, 0.3) is 0 Å². The van der Waals surface area contributed by atoms with E-state index in [1.54, 1.807) is 0 Å². The number of carbonyl (C=O) groups excluding carboxylic acids is 1. The van der Waals surface area contributed by atoms with Crippen molar-refractivity contribution >= 4 is 35.3 Å². The molecule has 0 N–H and O–H groups in total. The zero-order valence-corrected chi connectivity index (χ0v) is 4.27. The molecule has 0 amide bonds. The van der Waals surface area contributed by atoms with Crippen LogP contribution in [0.3, 0.4) is 0 Å². The SMILES string of the molecule is CCCC(=O)C#N.[NaH]. The summed E-state index contributed by atoms with van der Waals surface area (Å²) in [6.45, 7) is 1.87. The molecule has 0 aromatic rings. The topological polar surface area (TPSA) is 40.9 Å². The van der Waals surface area contributed by atoms with Gasteiger partial charge in [0.2, 0.25) is 5.78 Å². The fourth-order valence-corrected chi connectivity index (χ4v) is 0.283. The van der Waals surface area contributed by atoms with E-state index in [1.807, 2.05) is 6.92 Å². The fraction of sp³-hybridized carbons (Fsp3) is 0.600. The molecule has 0 radical (unpaired) electrons. The van der Waals surface area contributed by atoms with Gasteiger partial charge in [-0.15, -0.1) is 0 Å². The van der Waals surface area contributed by atoms with Crippen molar-refractivity contribution in [3.05, 3.63) is 0 Å². The van der Waals surface area contributed by atoms with Crippen LogP contribution in [0.1, 0.15) is 19.8 Å². The van der Waals surface area contributed by atoms with Crippen molar-refractivity contribution in [2.24, 2.45) is 0 Å². The molecule has 2 nitrogen and oxygen atoms in total. The first-order chi connectivity index (χ1) is 3.31. The van der Waals surface area contributed by atoms with Crippen LogP contribution in [-0.4, -0.2) is 35.3 Å².